The van der Waals surface area contributed by atoms with Crippen molar-refractivity contribution in [3.8, 4) is 0 Å². The Morgan fingerprint density at radius 3 is 2.64 bits per heavy atom. The maximum Gasteiger partial charge on any atom is 0.265 e. The Morgan fingerprint density at radius 2 is 1.92 bits per heavy atom. The molecule has 0 aromatic heterocycles. The van der Waals surface area contributed by atoms with Crippen LogP contribution in [-0.4, -0.2) is 26.1 Å². The van der Waals surface area contributed by atoms with Gasteiger partial charge in [0.2, 0.25) is 5.91 Å². The van der Waals surface area contributed by atoms with Gasteiger partial charge in [-0.3, -0.25) is 14.3 Å². The third-order valence-electron chi connectivity index (χ3n) is 4.65. The molecule has 0 aliphatic carbocycles. The van der Waals surface area contributed by atoms with E-state index in [0.717, 1.165) is 29.3 Å². The number of hydrogen-bond donors (Lipinski definition) is 2. The molecule has 0 fully saturated rings. The van der Waals surface area contributed by atoms with Gasteiger partial charge in [-0.15, -0.1) is 0 Å². The first-order valence-electron chi connectivity index (χ1n) is 8.42. The zero-order chi connectivity index (χ0) is 18.0. The lowest BCUT2D eigenvalue weighted by Crippen LogP contribution is -2.28. The molecule has 0 saturated carbocycles. The molecule has 2 aromatic rings. The third kappa shape index (κ3) is 3.34. The third-order valence-corrected chi connectivity index (χ3v) is 6.50. The molecule has 25 heavy (non-hydrogen) atoms. The number of carbonyl (C=O) groups excluding carboxylic acids is 1. The van der Waals surface area contributed by atoms with E-state index in [0.29, 0.717) is 17.9 Å². The number of amides is 1. The molecule has 0 bridgehead atoms. The van der Waals surface area contributed by atoms with Crippen LogP contribution in [0.1, 0.15) is 32.6 Å². The molecule has 134 valence electrons. The molecular weight excluding hydrogens is 340 g/mol. The quantitative estimate of drug-likeness (QED) is 0.450. The summed E-state index contributed by atoms with van der Waals surface area (Å²) in [7, 11) is -3.49. The first-order chi connectivity index (χ1) is 11.9. The first kappa shape index (κ1) is 17.7. The molecule has 0 radical (unpaired) electrons. The lowest BCUT2D eigenvalue weighted by molar-refractivity contribution is -0.130. The minimum Gasteiger partial charge on any atom is -0.289 e. The maximum absolute atomic E-state index is 12.8. The van der Waals surface area contributed by atoms with E-state index in [1.165, 1.54) is 4.31 Å². The van der Waals surface area contributed by atoms with Gasteiger partial charge in [0.1, 0.15) is 0 Å². The number of sulfonamides is 1. The Morgan fingerprint density at radius 1 is 1.20 bits per heavy atom. The Labute approximate surface area is 147 Å². The van der Waals surface area contributed by atoms with E-state index in [2.05, 4.69) is 0 Å². The van der Waals surface area contributed by atoms with Crippen LogP contribution in [-0.2, 0) is 14.8 Å². The molecule has 1 unspecified atom stereocenters. The van der Waals surface area contributed by atoms with Gasteiger partial charge in [0.15, 0.2) is 0 Å². The second-order valence-electron chi connectivity index (χ2n) is 6.55. The molecule has 1 atom stereocenters. The number of anilines is 1. The van der Waals surface area contributed by atoms with Crippen LogP contribution >= 0.6 is 0 Å². The molecule has 2 aromatic carbocycles. The van der Waals surface area contributed by atoms with E-state index in [4.69, 9.17) is 5.21 Å². The van der Waals surface area contributed by atoms with Crippen LogP contribution < -0.4 is 9.79 Å². The highest BCUT2D eigenvalue weighted by molar-refractivity contribution is 7.93. The van der Waals surface area contributed by atoms with Crippen molar-refractivity contribution in [3.63, 3.8) is 0 Å². The van der Waals surface area contributed by atoms with Gasteiger partial charge in [0.05, 0.1) is 10.6 Å². The summed E-state index contributed by atoms with van der Waals surface area (Å²) in [5, 5.41) is 10.3. The van der Waals surface area contributed by atoms with Gasteiger partial charge >= 0.3 is 0 Å². The lowest BCUT2D eigenvalue weighted by atomic mass is 10.0. The fourth-order valence-electron chi connectivity index (χ4n) is 3.41. The van der Waals surface area contributed by atoms with Crippen LogP contribution in [0.4, 0.5) is 5.69 Å². The highest BCUT2D eigenvalue weighted by atomic mass is 32.2. The smallest absolute Gasteiger partial charge is 0.265 e. The van der Waals surface area contributed by atoms with E-state index < -0.39 is 15.9 Å². The summed E-state index contributed by atoms with van der Waals surface area (Å²) in [6.45, 7) is 2.37. The normalized spacial score (nSPS) is 16.2. The minimum atomic E-state index is -3.49. The first-order valence-corrected chi connectivity index (χ1v) is 9.86. The van der Waals surface area contributed by atoms with Crippen molar-refractivity contribution in [1.29, 1.82) is 0 Å². The van der Waals surface area contributed by atoms with E-state index in [9.17, 15) is 13.2 Å². The number of benzene rings is 2. The fourth-order valence-corrected chi connectivity index (χ4v) is 5.16. The summed E-state index contributed by atoms with van der Waals surface area (Å²) in [6, 6.07) is 11.0. The summed E-state index contributed by atoms with van der Waals surface area (Å²) >= 11 is 0. The van der Waals surface area contributed by atoms with Crippen LogP contribution in [0, 0.1) is 5.92 Å². The van der Waals surface area contributed by atoms with Crippen molar-refractivity contribution < 1.29 is 18.4 Å². The highest BCUT2D eigenvalue weighted by Crippen LogP contribution is 2.42. The van der Waals surface area contributed by atoms with Crippen LogP contribution in [0.25, 0.3) is 10.8 Å². The lowest BCUT2D eigenvalue weighted by Gasteiger charge is -2.19. The molecule has 6 nitrogen and oxygen atoms in total. The fraction of sp³-hybridized carbons (Fsp3) is 0.389. The van der Waals surface area contributed by atoms with Gasteiger partial charge in [0, 0.05) is 18.4 Å². The van der Waals surface area contributed by atoms with Crippen molar-refractivity contribution in [2.75, 3.05) is 10.8 Å². The van der Waals surface area contributed by atoms with Crippen molar-refractivity contribution in [3.05, 3.63) is 36.4 Å². The molecule has 1 aliphatic heterocycles. The molecule has 1 heterocycles. The average molecular weight is 362 g/mol. The number of hydroxylamine groups is 1. The molecule has 0 spiro atoms. The Kier molecular flexibility index (Phi) is 4.96. The summed E-state index contributed by atoms with van der Waals surface area (Å²) in [5.74, 6) is -0.250. The van der Waals surface area contributed by atoms with Crippen LogP contribution in [0.2, 0.25) is 0 Å². The second-order valence-corrected chi connectivity index (χ2v) is 8.38. The highest BCUT2D eigenvalue weighted by Gasteiger charge is 2.34. The van der Waals surface area contributed by atoms with Crippen molar-refractivity contribution in [1.82, 2.24) is 5.48 Å². The molecule has 1 aliphatic rings. The summed E-state index contributed by atoms with van der Waals surface area (Å²) in [4.78, 5) is 11.5. The SMILES string of the molecule is CC(CCCCN1c2cccc3cccc(c23)S1(=O)=O)CC(=O)NO. The van der Waals surface area contributed by atoms with E-state index in [1.54, 1.807) is 17.6 Å². The topological polar surface area (TPSA) is 86.7 Å². The van der Waals surface area contributed by atoms with Crippen LogP contribution in [0.3, 0.4) is 0 Å². The van der Waals surface area contributed by atoms with Gasteiger partial charge in [-0.25, -0.2) is 13.9 Å². The number of rotatable bonds is 7. The Hall–Kier alpha value is -2.12. The molecule has 2 N–H and O–H groups in total. The van der Waals surface area contributed by atoms with Gasteiger partial charge in [-0.05, 0) is 29.9 Å². The van der Waals surface area contributed by atoms with Gasteiger partial charge in [-0.2, -0.15) is 0 Å². The second kappa shape index (κ2) is 7.01. The van der Waals surface area contributed by atoms with Gasteiger partial charge in [-0.1, -0.05) is 44.0 Å². The summed E-state index contributed by atoms with van der Waals surface area (Å²) < 4.78 is 27.1. The number of carbonyl (C=O) groups is 1. The van der Waals surface area contributed by atoms with E-state index >= 15 is 0 Å². The standard InChI is InChI=1S/C18H22N2O4S/c1-13(12-17(21)19-22)6-2-3-11-20-15-9-4-7-14-8-5-10-16(18(14)15)25(20,23)24/h4-5,7-10,13,22H,2-3,6,11-12H2,1H3,(H,19,21). The predicted molar refractivity (Wildman–Crippen MR) is 96.0 cm³/mol. The van der Waals surface area contributed by atoms with Gasteiger partial charge < -0.3 is 0 Å². The van der Waals surface area contributed by atoms with Crippen molar-refractivity contribution in [2.45, 2.75) is 37.5 Å². The van der Waals surface area contributed by atoms with E-state index in [-0.39, 0.29) is 12.3 Å². The monoisotopic (exact) mass is 362 g/mol. The van der Waals surface area contributed by atoms with E-state index in [1.807, 2.05) is 31.2 Å². The summed E-state index contributed by atoms with van der Waals surface area (Å²) in [5.41, 5.74) is 2.39. The zero-order valence-electron chi connectivity index (χ0n) is 14.1. The summed E-state index contributed by atoms with van der Waals surface area (Å²) in [6.07, 6.45) is 2.61. The number of nitrogens with one attached hydrogen (secondary N) is 1. The molecular formula is C18H22N2O4S. The molecule has 7 heteroatoms. The van der Waals surface area contributed by atoms with Crippen LogP contribution in [0.15, 0.2) is 41.3 Å². The predicted octanol–water partition coefficient (Wildman–Crippen LogP) is 3.05. The zero-order valence-corrected chi connectivity index (χ0v) is 14.9. The number of unbranched alkanes of at least 4 members (excludes halogenated alkanes) is 1. The average Bonchev–Trinajstić information content (AvgIpc) is 2.81. The Bertz CT molecular complexity index is 890. The molecule has 1 amide bonds. The van der Waals surface area contributed by atoms with Crippen LogP contribution in [0.5, 0.6) is 0 Å². The van der Waals surface area contributed by atoms with Gasteiger partial charge in [0.25, 0.3) is 10.0 Å². The number of nitrogens with zero attached hydrogens (tertiary/aromatic N) is 1. The Balaban J connectivity index is 1.67. The molecule has 3 rings (SSSR count). The number of hydrogen-bond acceptors (Lipinski definition) is 4. The van der Waals surface area contributed by atoms with Crippen molar-refractivity contribution in [2.24, 2.45) is 5.92 Å². The largest absolute Gasteiger partial charge is 0.289 e. The van der Waals surface area contributed by atoms with Crippen molar-refractivity contribution >= 4 is 32.4 Å². The molecule has 0 saturated heterocycles. The maximum atomic E-state index is 12.8. The minimum absolute atomic E-state index is 0.142.